The number of ether oxygens (including phenoxy) is 1. The number of benzene rings is 4. The maximum Gasteiger partial charge on any atom is 0.408 e. The number of rotatable bonds is 9. The van der Waals surface area contributed by atoms with Gasteiger partial charge in [-0.05, 0) is 74.6 Å². The van der Waals surface area contributed by atoms with Gasteiger partial charge in [0.2, 0.25) is 5.91 Å². The molecule has 0 heterocycles. The van der Waals surface area contributed by atoms with E-state index in [4.69, 9.17) is 4.74 Å². The zero-order chi connectivity index (χ0) is 31.3. The van der Waals surface area contributed by atoms with Crippen molar-refractivity contribution >= 4 is 34.4 Å². The number of alkyl carbamates (subject to hydrolysis) is 1. The molecule has 0 aromatic heterocycles. The Morgan fingerprint density at radius 3 is 2.20 bits per heavy atom. The summed E-state index contributed by atoms with van der Waals surface area (Å²) in [4.78, 5) is 43.4. The van der Waals surface area contributed by atoms with E-state index < -0.39 is 35.6 Å². The van der Waals surface area contributed by atoms with Crippen LogP contribution in [0.4, 0.5) is 10.5 Å². The fraction of sp³-hybridized carbons (Fsp3) is 0.306. The molecule has 0 radical (unpaired) electrons. The van der Waals surface area contributed by atoms with Crippen LogP contribution in [-0.4, -0.2) is 45.6 Å². The summed E-state index contributed by atoms with van der Waals surface area (Å²) >= 11 is 0. The number of amides is 3. The number of carbonyl (C=O) groups is 3. The first kappa shape index (κ1) is 30.6. The molecule has 8 nitrogen and oxygen atoms in total. The van der Waals surface area contributed by atoms with Gasteiger partial charge in [-0.3, -0.25) is 9.59 Å². The highest BCUT2D eigenvalue weighted by Gasteiger charge is 2.43. The van der Waals surface area contributed by atoms with Crippen LogP contribution in [0.5, 0.6) is 5.75 Å². The Bertz CT molecular complexity index is 1630. The molecule has 4 aromatic carbocycles. The van der Waals surface area contributed by atoms with E-state index in [1.807, 2.05) is 72.8 Å². The van der Waals surface area contributed by atoms with E-state index in [-0.39, 0.29) is 18.2 Å². The quantitative estimate of drug-likeness (QED) is 0.199. The van der Waals surface area contributed by atoms with Gasteiger partial charge in [-0.15, -0.1) is 0 Å². The third-order valence-electron chi connectivity index (χ3n) is 7.77. The van der Waals surface area contributed by atoms with Crippen molar-refractivity contribution in [2.75, 3.05) is 5.32 Å². The topological polar surface area (TPSA) is 108 Å². The number of anilines is 1. The van der Waals surface area contributed by atoms with Crippen molar-refractivity contribution in [3.63, 3.8) is 0 Å². The van der Waals surface area contributed by atoms with Gasteiger partial charge in [0.05, 0.1) is 0 Å². The lowest BCUT2D eigenvalue weighted by molar-refractivity contribution is -0.145. The molecule has 3 amide bonds. The van der Waals surface area contributed by atoms with Gasteiger partial charge in [0.25, 0.3) is 5.91 Å². The van der Waals surface area contributed by atoms with Gasteiger partial charge in [-0.1, -0.05) is 78.9 Å². The predicted molar refractivity (Wildman–Crippen MR) is 171 cm³/mol. The number of phenolic OH excluding ortho intramolecular Hbond substituents is 1. The second kappa shape index (κ2) is 13.2. The van der Waals surface area contributed by atoms with Crippen LogP contribution in [0.1, 0.15) is 57.2 Å². The SMILES string of the molecule is CC(C)(C)OC(=O)NC(Cc1ccccc1)C(=O)N(C1CCC1)C(C(=O)Nc1ccc2ccccc2c1)c1ccccc1O. The van der Waals surface area contributed by atoms with Gasteiger partial charge in [-0.25, -0.2) is 4.79 Å². The number of hydrogen-bond acceptors (Lipinski definition) is 5. The van der Waals surface area contributed by atoms with Gasteiger partial charge in [0.15, 0.2) is 0 Å². The molecule has 1 fully saturated rings. The van der Waals surface area contributed by atoms with E-state index in [9.17, 15) is 19.5 Å². The Labute approximate surface area is 258 Å². The number of nitrogens with zero attached hydrogens (tertiary/aromatic N) is 1. The summed E-state index contributed by atoms with van der Waals surface area (Å²) < 4.78 is 5.52. The lowest BCUT2D eigenvalue weighted by Gasteiger charge is -2.43. The van der Waals surface area contributed by atoms with Crippen molar-refractivity contribution in [1.29, 1.82) is 0 Å². The highest BCUT2D eigenvalue weighted by Crippen LogP contribution is 2.37. The molecule has 8 heteroatoms. The summed E-state index contributed by atoms with van der Waals surface area (Å²) in [6, 6.07) is 27.0. The van der Waals surface area contributed by atoms with Gasteiger partial charge < -0.3 is 25.4 Å². The zero-order valence-electron chi connectivity index (χ0n) is 25.3. The number of nitrogens with one attached hydrogen (secondary N) is 2. The summed E-state index contributed by atoms with van der Waals surface area (Å²) in [7, 11) is 0. The molecule has 44 heavy (non-hydrogen) atoms. The maximum atomic E-state index is 14.6. The second-order valence-corrected chi connectivity index (χ2v) is 12.2. The van der Waals surface area contributed by atoms with E-state index in [1.54, 1.807) is 43.9 Å². The molecule has 5 rings (SSSR count). The number of phenols is 1. The highest BCUT2D eigenvalue weighted by molar-refractivity contribution is 6.01. The molecule has 2 atom stereocenters. The molecule has 1 saturated carbocycles. The minimum absolute atomic E-state index is 0.0944. The summed E-state index contributed by atoms with van der Waals surface area (Å²) in [5.41, 5.74) is 0.954. The van der Waals surface area contributed by atoms with Crippen molar-refractivity contribution < 1.29 is 24.2 Å². The molecule has 0 aliphatic heterocycles. The molecule has 228 valence electrons. The fourth-order valence-corrected chi connectivity index (χ4v) is 5.48. The average Bonchev–Trinajstić information content (AvgIpc) is 2.95. The Morgan fingerprint density at radius 1 is 0.886 bits per heavy atom. The summed E-state index contributed by atoms with van der Waals surface area (Å²) in [6.07, 6.45) is 1.77. The molecular formula is C36H39N3O5. The first-order chi connectivity index (χ1) is 21.1. The number of para-hydroxylation sites is 1. The Hall–Kier alpha value is -4.85. The van der Waals surface area contributed by atoms with Crippen LogP contribution < -0.4 is 10.6 Å². The summed E-state index contributed by atoms with van der Waals surface area (Å²) in [6.45, 7) is 5.27. The van der Waals surface area contributed by atoms with Crippen LogP contribution in [0.2, 0.25) is 0 Å². The number of hydrogen-bond donors (Lipinski definition) is 3. The van der Waals surface area contributed by atoms with Crippen LogP contribution in [0.15, 0.2) is 97.1 Å². The molecule has 0 spiro atoms. The van der Waals surface area contributed by atoms with E-state index in [1.165, 1.54) is 6.07 Å². The van der Waals surface area contributed by atoms with Crippen molar-refractivity contribution in [1.82, 2.24) is 10.2 Å². The van der Waals surface area contributed by atoms with Gasteiger partial charge >= 0.3 is 6.09 Å². The largest absolute Gasteiger partial charge is 0.508 e. The second-order valence-electron chi connectivity index (χ2n) is 12.2. The van der Waals surface area contributed by atoms with Gasteiger partial charge in [-0.2, -0.15) is 0 Å². The smallest absolute Gasteiger partial charge is 0.408 e. The van der Waals surface area contributed by atoms with E-state index in [2.05, 4.69) is 10.6 Å². The van der Waals surface area contributed by atoms with E-state index in [0.717, 1.165) is 22.8 Å². The van der Waals surface area contributed by atoms with E-state index >= 15 is 0 Å². The van der Waals surface area contributed by atoms with Gasteiger partial charge in [0.1, 0.15) is 23.4 Å². The highest BCUT2D eigenvalue weighted by atomic mass is 16.6. The average molecular weight is 594 g/mol. The number of carbonyl (C=O) groups excluding carboxylic acids is 3. The minimum Gasteiger partial charge on any atom is -0.508 e. The molecule has 2 unspecified atom stereocenters. The van der Waals surface area contributed by atoms with Crippen LogP contribution >= 0.6 is 0 Å². The van der Waals surface area contributed by atoms with E-state index in [0.29, 0.717) is 24.1 Å². The lowest BCUT2D eigenvalue weighted by atomic mass is 9.87. The first-order valence-corrected chi connectivity index (χ1v) is 15.0. The Morgan fingerprint density at radius 2 is 1.55 bits per heavy atom. The molecular weight excluding hydrogens is 554 g/mol. The van der Waals surface area contributed by atoms with Crippen molar-refractivity contribution in [3.8, 4) is 5.75 Å². The molecule has 1 aliphatic carbocycles. The summed E-state index contributed by atoms with van der Waals surface area (Å²) in [5.74, 6) is -0.980. The Balaban J connectivity index is 1.53. The predicted octanol–water partition coefficient (Wildman–Crippen LogP) is 6.74. The zero-order valence-corrected chi connectivity index (χ0v) is 25.3. The van der Waals surface area contributed by atoms with Crippen LogP contribution in [-0.2, 0) is 20.7 Å². The minimum atomic E-state index is -1.15. The first-order valence-electron chi connectivity index (χ1n) is 15.0. The number of aromatic hydroxyl groups is 1. The molecule has 0 saturated heterocycles. The van der Waals surface area contributed by atoms with Crippen molar-refractivity contribution in [2.45, 2.75) is 70.2 Å². The third-order valence-corrected chi connectivity index (χ3v) is 7.77. The van der Waals surface area contributed by atoms with Crippen LogP contribution in [0, 0.1) is 0 Å². The molecule has 3 N–H and O–H groups in total. The third kappa shape index (κ3) is 7.37. The van der Waals surface area contributed by atoms with Gasteiger partial charge in [0, 0.05) is 23.7 Å². The molecule has 1 aliphatic rings. The lowest BCUT2D eigenvalue weighted by Crippen LogP contribution is -2.57. The summed E-state index contributed by atoms with van der Waals surface area (Å²) in [5, 5.41) is 18.8. The monoisotopic (exact) mass is 593 g/mol. The van der Waals surface area contributed by atoms with Crippen molar-refractivity contribution in [3.05, 3.63) is 108 Å². The van der Waals surface area contributed by atoms with Crippen LogP contribution in [0.25, 0.3) is 10.8 Å². The Kier molecular flexibility index (Phi) is 9.18. The fourth-order valence-electron chi connectivity index (χ4n) is 5.48. The normalized spacial score (nSPS) is 14.6. The van der Waals surface area contributed by atoms with Crippen molar-refractivity contribution in [2.24, 2.45) is 0 Å². The molecule has 0 bridgehead atoms. The maximum absolute atomic E-state index is 14.6. The molecule has 4 aromatic rings. The van der Waals surface area contributed by atoms with Crippen LogP contribution in [0.3, 0.4) is 0 Å². The number of fused-ring (bicyclic) bond motifs is 1. The standard InChI is InChI=1S/C36H39N3O5/c1-36(2,3)44-35(43)38-30(22-24-12-5-4-6-13-24)34(42)39(28-16-11-17-28)32(29-18-9-10-19-31(29)40)33(41)37-27-21-20-25-14-7-8-15-26(25)23-27/h4-10,12-15,18-21,23,28,30,32,40H,11,16-17,22H2,1-3H3,(H,37,41)(H,38,43).